The van der Waals surface area contributed by atoms with Crippen LogP contribution in [0.25, 0.3) is 11.0 Å². The molecule has 3 heterocycles. The first kappa shape index (κ1) is 16.3. The smallest absolute Gasteiger partial charge is 0.172 e. The Balaban J connectivity index is 1.58. The van der Waals surface area contributed by atoms with Crippen LogP contribution in [0, 0.1) is 5.41 Å². The molecule has 2 aromatic rings. The average molecular weight is 352 g/mol. The summed E-state index contributed by atoms with van der Waals surface area (Å²) in [6, 6.07) is 8.25. The Morgan fingerprint density at radius 2 is 1.54 bits per heavy atom. The van der Waals surface area contributed by atoms with Gasteiger partial charge < -0.3 is 14.5 Å². The summed E-state index contributed by atoms with van der Waals surface area (Å²) in [7, 11) is 0. The predicted molar refractivity (Wildman–Crippen MR) is 105 cm³/mol. The van der Waals surface area contributed by atoms with Gasteiger partial charge in [-0.1, -0.05) is 12.1 Å². The van der Waals surface area contributed by atoms with Crippen molar-refractivity contribution in [1.82, 2.24) is 9.97 Å². The maximum absolute atomic E-state index is 5.95. The number of ether oxygens (including phenoxy) is 1. The van der Waals surface area contributed by atoms with Gasteiger partial charge in [0.1, 0.15) is 0 Å². The third kappa shape index (κ3) is 2.92. The minimum absolute atomic E-state index is 0.219. The summed E-state index contributed by atoms with van der Waals surface area (Å²) in [5, 5.41) is 0. The lowest BCUT2D eigenvalue weighted by molar-refractivity contribution is -0.00543. The molecule has 0 amide bonds. The number of nitrogens with zero attached hydrogens (tertiary/aromatic N) is 4. The Labute approximate surface area is 155 Å². The lowest BCUT2D eigenvalue weighted by atomic mass is 9.95. The highest BCUT2D eigenvalue weighted by Crippen LogP contribution is 2.53. The molecule has 0 N–H and O–H groups in total. The molecule has 5 heteroatoms. The molecule has 0 radical (unpaired) electrons. The van der Waals surface area contributed by atoms with E-state index in [2.05, 4.69) is 41.8 Å². The number of benzene rings is 1. The van der Waals surface area contributed by atoms with E-state index in [1.54, 1.807) is 0 Å². The summed E-state index contributed by atoms with van der Waals surface area (Å²) >= 11 is 0. The van der Waals surface area contributed by atoms with Gasteiger partial charge in [-0.2, -0.15) is 0 Å². The predicted octanol–water partition coefficient (Wildman–Crippen LogP) is 3.62. The summed E-state index contributed by atoms with van der Waals surface area (Å²) in [4.78, 5) is 15.1. The standard InChI is InChI=1S/C21H28N4O/c1-15-12-25(13-16(2)26-15)20-19(22-17-6-3-4-7-18(17)23-20)24-11-5-8-21(14-24)9-10-21/h3-4,6-7,15-16H,5,8-14H2,1-2H3. The van der Waals surface area contributed by atoms with Crippen LogP contribution < -0.4 is 9.80 Å². The molecule has 2 atom stereocenters. The van der Waals surface area contributed by atoms with Gasteiger partial charge in [-0.05, 0) is 57.1 Å². The number of hydrogen-bond donors (Lipinski definition) is 0. The van der Waals surface area contributed by atoms with Crippen molar-refractivity contribution in [2.45, 2.75) is 51.7 Å². The zero-order valence-electron chi connectivity index (χ0n) is 15.8. The van der Waals surface area contributed by atoms with Crippen LogP contribution in [0.5, 0.6) is 0 Å². The molecule has 26 heavy (non-hydrogen) atoms. The highest BCUT2D eigenvalue weighted by molar-refractivity contribution is 5.81. The van der Waals surface area contributed by atoms with Gasteiger partial charge in [-0.3, -0.25) is 0 Å². The van der Waals surface area contributed by atoms with Gasteiger partial charge in [-0.15, -0.1) is 0 Å². The Kier molecular flexibility index (Phi) is 3.82. The topological polar surface area (TPSA) is 41.5 Å². The number of hydrogen-bond acceptors (Lipinski definition) is 5. The number of para-hydroxylation sites is 2. The van der Waals surface area contributed by atoms with E-state index in [0.29, 0.717) is 5.41 Å². The van der Waals surface area contributed by atoms with Crippen LogP contribution in [-0.4, -0.2) is 48.4 Å². The molecule has 3 aliphatic rings. The van der Waals surface area contributed by atoms with Crippen LogP contribution >= 0.6 is 0 Å². The van der Waals surface area contributed by atoms with Gasteiger partial charge in [0.15, 0.2) is 11.6 Å². The lowest BCUT2D eigenvalue weighted by Crippen LogP contribution is -2.47. The van der Waals surface area contributed by atoms with Crippen LogP contribution in [0.1, 0.15) is 39.5 Å². The fourth-order valence-corrected chi connectivity index (χ4v) is 4.73. The summed E-state index contributed by atoms with van der Waals surface area (Å²) < 4.78 is 5.95. The molecule has 1 aromatic heterocycles. The van der Waals surface area contributed by atoms with E-state index in [0.717, 1.165) is 48.8 Å². The second-order valence-corrected chi connectivity index (χ2v) is 8.55. The van der Waals surface area contributed by atoms with Crippen LogP contribution in [0.3, 0.4) is 0 Å². The summed E-state index contributed by atoms with van der Waals surface area (Å²) in [6.45, 7) is 8.29. The zero-order valence-corrected chi connectivity index (χ0v) is 15.8. The first-order chi connectivity index (χ1) is 12.6. The van der Waals surface area contributed by atoms with Crippen molar-refractivity contribution in [3.05, 3.63) is 24.3 Å². The fourth-order valence-electron chi connectivity index (χ4n) is 4.73. The molecular weight excluding hydrogens is 324 g/mol. The molecule has 138 valence electrons. The third-order valence-electron chi connectivity index (χ3n) is 6.17. The molecule has 1 aliphatic carbocycles. The van der Waals surface area contributed by atoms with E-state index in [-0.39, 0.29) is 12.2 Å². The number of fused-ring (bicyclic) bond motifs is 1. The van der Waals surface area contributed by atoms with Gasteiger partial charge in [0.2, 0.25) is 0 Å². The van der Waals surface area contributed by atoms with E-state index in [4.69, 9.17) is 14.7 Å². The Morgan fingerprint density at radius 3 is 2.15 bits per heavy atom. The first-order valence-corrected chi connectivity index (χ1v) is 10.0. The molecule has 5 nitrogen and oxygen atoms in total. The number of piperidine rings is 1. The molecule has 2 saturated heterocycles. The third-order valence-corrected chi connectivity index (χ3v) is 6.17. The normalized spacial score (nSPS) is 27.9. The van der Waals surface area contributed by atoms with Crippen molar-refractivity contribution in [2.75, 3.05) is 36.0 Å². The number of anilines is 2. The van der Waals surface area contributed by atoms with Crippen molar-refractivity contribution >= 4 is 22.7 Å². The van der Waals surface area contributed by atoms with E-state index in [9.17, 15) is 0 Å². The van der Waals surface area contributed by atoms with Crippen LogP contribution in [0.4, 0.5) is 11.6 Å². The van der Waals surface area contributed by atoms with Gasteiger partial charge in [0.25, 0.3) is 0 Å². The molecular formula is C21H28N4O. The summed E-state index contributed by atoms with van der Waals surface area (Å²) in [5.74, 6) is 2.12. The van der Waals surface area contributed by atoms with Crippen molar-refractivity contribution in [2.24, 2.45) is 5.41 Å². The van der Waals surface area contributed by atoms with Gasteiger partial charge >= 0.3 is 0 Å². The minimum Gasteiger partial charge on any atom is -0.372 e. The fraction of sp³-hybridized carbons (Fsp3) is 0.619. The van der Waals surface area contributed by atoms with Crippen molar-refractivity contribution < 1.29 is 4.74 Å². The van der Waals surface area contributed by atoms with E-state index in [1.165, 1.54) is 25.7 Å². The van der Waals surface area contributed by atoms with Crippen LogP contribution in [-0.2, 0) is 4.74 Å². The lowest BCUT2D eigenvalue weighted by Gasteiger charge is -2.40. The molecule has 1 spiro atoms. The number of morpholine rings is 1. The monoisotopic (exact) mass is 352 g/mol. The number of rotatable bonds is 2. The minimum atomic E-state index is 0.219. The Hall–Kier alpha value is -1.88. The highest BCUT2D eigenvalue weighted by Gasteiger charge is 2.46. The Morgan fingerprint density at radius 1 is 0.923 bits per heavy atom. The second kappa shape index (κ2) is 6.08. The van der Waals surface area contributed by atoms with E-state index < -0.39 is 0 Å². The van der Waals surface area contributed by atoms with Crippen LogP contribution in [0.15, 0.2) is 24.3 Å². The zero-order chi connectivity index (χ0) is 17.7. The molecule has 1 saturated carbocycles. The van der Waals surface area contributed by atoms with Gasteiger partial charge in [0, 0.05) is 26.2 Å². The SMILES string of the molecule is CC1CN(c2nc3ccccc3nc2N2CCCC3(CC3)C2)CC(C)O1. The second-order valence-electron chi connectivity index (χ2n) is 8.55. The van der Waals surface area contributed by atoms with Gasteiger partial charge in [0.05, 0.1) is 23.2 Å². The van der Waals surface area contributed by atoms with Crippen LogP contribution in [0.2, 0.25) is 0 Å². The van der Waals surface area contributed by atoms with Crippen molar-refractivity contribution in [3.63, 3.8) is 0 Å². The quantitative estimate of drug-likeness (QED) is 0.826. The highest BCUT2D eigenvalue weighted by atomic mass is 16.5. The maximum Gasteiger partial charge on any atom is 0.172 e. The summed E-state index contributed by atoms with van der Waals surface area (Å²) in [5.41, 5.74) is 2.54. The maximum atomic E-state index is 5.95. The molecule has 5 rings (SSSR count). The molecule has 1 aromatic carbocycles. The Bertz CT molecular complexity index is 768. The molecule has 2 unspecified atom stereocenters. The largest absolute Gasteiger partial charge is 0.372 e. The number of aromatic nitrogens is 2. The average Bonchev–Trinajstić information content (AvgIpc) is 3.38. The van der Waals surface area contributed by atoms with Crippen molar-refractivity contribution in [1.29, 1.82) is 0 Å². The van der Waals surface area contributed by atoms with E-state index >= 15 is 0 Å². The first-order valence-electron chi connectivity index (χ1n) is 10.0. The van der Waals surface area contributed by atoms with E-state index in [1.807, 2.05) is 6.07 Å². The molecule has 3 fully saturated rings. The van der Waals surface area contributed by atoms with Crippen molar-refractivity contribution in [3.8, 4) is 0 Å². The molecule has 0 bridgehead atoms. The summed E-state index contributed by atoms with van der Waals surface area (Å²) in [6.07, 6.45) is 5.85. The molecule has 2 aliphatic heterocycles. The van der Waals surface area contributed by atoms with Gasteiger partial charge in [-0.25, -0.2) is 9.97 Å².